The average molecular weight is 472 g/mol. The van der Waals surface area contributed by atoms with Crippen molar-refractivity contribution in [3.63, 3.8) is 0 Å². The summed E-state index contributed by atoms with van der Waals surface area (Å²) in [6, 6.07) is 24.2. The number of ether oxygens (including phenoxy) is 2. The number of benzene rings is 3. The molecule has 1 N–H and O–H groups in total. The van der Waals surface area contributed by atoms with Gasteiger partial charge in [0.2, 0.25) is 5.91 Å². The van der Waals surface area contributed by atoms with Gasteiger partial charge in [-0.2, -0.15) is 0 Å². The summed E-state index contributed by atoms with van der Waals surface area (Å²) in [6.45, 7) is 2.81. The average Bonchev–Trinajstić information content (AvgIpc) is 3.40. The van der Waals surface area contributed by atoms with Gasteiger partial charge >= 0.3 is 5.97 Å². The van der Waals surface area contributed by atoms with E-state index in [1.807, 2.05) is 42.5 Å². The van der Waals surface area contributed by atoms with Crippen molar-refractivity contribution in [2.75, 3.05) is 0 Å². The summed E-state index contributed by atoms with van der Waals surface area (Å²) in [5, 5.41) is 5.51. The Morgan fingerprint density at radius 1 is 0.943 bits per heavy atom. The van der Waals surface area contributed by atoms with Gasteiger partial charge in [0.05, 0.1) is 12.7 Å². The molecule has 5 rings (SSSR count). The standard InChI is InChI=1S/C30H33NO4/c1-2-25-18-30(25,29(33)35-19-21-9-4-3-5-10-21)31-28(32)23-15-16-26(17-23)34-20-24-13-8-12-22-11-6-7-14-27(22)24/h3-14,23,25-26H,2,15-20H2,1H3,(H,31,32)/t23-,25-,26-,30+/m0/s1. The smallest absolute Gasteiger partial charge is 0.332 e. The first-order valence-corrected chi connectivity index (χ1v) is 12.7. The minimum atomic E-state index is -0.873. The van der Waals surface area contributed by atoms with Crippen molar-refractivity contribution in [1.29, 1.82) is 0 Å². The summed E-state index contributed by atoms with van der Waals surface area (Å²) >= 11 is 0. The molecule has 2 aliphatic rings. The quantitative estimate of drug-likeness (QED) is 0.416. The van der Waals surface area contributed by atoms with Crippen LogP contribution in [-0.4, -0.2) is 23.5 Å². The van der Waals surface area contributed by atoms with E-state index >= 15 is 0 Å². The summed E-state index contributed by atoms with van der Waals surface area (Å²) < 4.78 is 11.8. The molecule has 35 heavy (non-hydrogen) atoms. The predicted molar refractivity (Wildman–Crippen MR) is 135 cm³/mol. The summed E-state index contributed by atoms with van der Waals surface area (Å²) in [7, 11) is 0. The normalized spacial score (nSPS) is 25.3. The molecule has 0 radical (unpaired) electrons. The van der Waals surface area contributed by atoms with Gasteiger partial charge in [0, 0.05) is 5.92 Å². The molecule has 4 atom stereocenters. The molecular formula is C30H33NO4. The van der Waals surface area contributed by atoms with Crippen LogP contribution in [0.15, 0.2) is 72.8 Å². The van der Waals surface area contributed by atoms with Crippen molar-refractivity contribution in [3.05, 3.63) is 83.9 Å². The van der Waals surface area contributed by atoms with Gasteiger partial charge in [-0.3, -0.25) is 4.79 Å². The third-order valence-electron chi connectivity index (χ3n) is 7.63. The Balaban J connectivity index is 1.15. The lowest BCUT2D eigenvalue weighted by atomic mass is 10.0. The number of carbonyl (C=O) groups excluding carboxylic acids is 2. The largest absolute Gasteiger partial charge is 0.459 e. The van der Waals surface area contributed by atoms with Crippen LogP contribution in [-0.2, 0) is 32.3 Å². The number of amides is 1. The molecule has 182 valence electrons. The fourth-order valence-electron chi connectivity index (χ4n) is 5.41. The number of nitrogens with one attached hydrogen (secondary N) is 1. The van der Waals surface area contributed by atoms with Crippen LogP contribution in [0.1, 0.15) is 50.2 Å². The van der Waals surface area contributed by atoms with Crippen molar-refractivity contribution in [1.82, 2.24) is 5.32 Å². The first-order chi connectivity index (χ1) is 17.1. The van der Waals surface area contributed by atoms with Gasteiger partial charge in [-0.25, -0.2) is 4.79 Å². The summed E-state index contributed by atoms with van der Waals surface area (Å²) in [5.41, 5.74) is 1.24. The van der Waals surface area contributed by atoms with Gasteiger partial charge in [-0.15, -0.1) is 0 Å². The number of hydrogen-bond donors (Lipinski definition) is 1. The van der Waals surface area contributed by atoms with E-state index in [-0.39, 0.29) is 36.4 Å². The lowest BCUT2D eigenvalue weighted by Gasteiger charge is -2.21. The summed E-state index contributed by atoms with van der Waals surface area (Å²) in [5.74, 6) is -0.365. The SMILES string of the molecule is CC[C@H]1C[C@]1(NC(=O)[C@H]1CC[C@H](OCc2cccc3ccccc23)C1)C(=O)OCc1ccccc1. The maximum atomic E-state index is 13.2. The zero-order valence-corrected chi connectivity index (χ0v) is 20.2. The monoisotopic (exact) mass is 471 g/mol. The van der Waals surface area contributed by atoms with E-state index in [9.17, 15) is 9.59 Å². The van der Waals surface area contributed by atoms with Crippen LogP contribution in [0.5, 0.6) is 0 Å². The molecule has 2 saturated carbocycles. The maximum absolute atomic E-state index is 13.2. The molecule has 0 unspecified atom stereocenters. The number of esters is 1. The van der Waals surface area contributed by atoms with Crippen molar-refractivity contribution in [3.8, 4) is 0 Å². The Morgan fingerprint density at radius 2 is 1.71 bits per heavy atom. The van der Waals surface area contributed by atoms with Gasteiger partial charge in [0.1, 0.15) is 12.1 Å². The molecule has 0 saturated heterocycles. The molecule has 0 aliphatic heterocycles. The number of rotatable bonds is 9. The van der Waals surface area contributed by atoms with E-state index in [0.29, 0.717) is 19.4 Å². The summed E-state index contributed by atoms with van der Waals surface area (Å²) in [6.07, 6.45) is 3.84. The van der Waals surface area contributed by atoms with E-state index in [4.69, 9.17) is 9.47 Å². The molecular weight excluding hydrogens is 438 g/mol. The molecule has 5 nitrogen and oxygen atoms in total. The molecule has 3 aromatic rings. The van der Waals surface area contributed by atoms with Crippen LogP contribution in [0.2, 0.25) is 0 Å². The molecule has 0 bridgehead atoms. The van der Waals surface area contributed by atoms with Crippen LogP contribution < -0.4 is 5.32 Å². The highest BCUT2D eigenvalue weighted by molar-refractivity contribution is 5.92. The highest BCUT2D eigenvalue weighted by Crippen LogP contribution is 2.47. The zero-order chi connectivity index (χ0) is 24.3. The third kappa shape index (κ3) is 5.10. The van der Waals surface area contributed by atoms with Crippen LogP contribution >= 0.6 is 0 Å². The molecule has 1 amide bonds. The minimum absolute atomic E-state index is 0.0473. The van der Waals surface area contributed by atoms with E-state index < -0.39 is 5.54 Å². The van der Waals surface area contributed by atoms with E-state index in [2.05, 4.69) is 42.6 Å². The minimum Gasteiger partial charge on any atom is -0.459 e. The lowest BCUT2D eigenvalue weighted by Crippen LogP contribution is -2.48. The Morgan fingerprint density at radius 3 is 2.51 bits per heavy atom. The van der Waals surface area contributed by atoms with Crippen molar-refractivity contribution >= 4 is 22.6 Å². The highest BCUT2D eigenvalue weighted by atomic mass is 16.5. The Labute approximate surface area is 206 Å². The van der Waals surface area contributed by atoms with Gasteiger partial charge in [-0.05, 0) is 53.5 Å². The van der Waals surface area contributed by atoms with Gasteiger partial charge in [0.25, 0.3) is 0 Å². The second-order valence-corrected chi connectivity index (χ2v) is 9.91. The predicted octanol–water partition coefficient (Wildman–Crippen LogP) is 5.55. The Hall–Kier alpha value is -3.18. The van der Waals surface area contributed by atoms with Crippen molar-refractivity contribution in [2.24, 2.45) is 11.8 Å². The molecule has 2 aliphatic carbocycles. The topological polar surface area (TPSA) is 64.6 Å². The fourth-order valence-corrected chi connectivity index (χ4v) is 5.41. The number of fused-ring (bicyclic) bond motifs is 1. The highest BCUT2D eigenvalue weighted by Gasteiger charge is 2.61. The van der Waals surface area contributed by atoms with Crippen LogP contribution in [0.3, 0.4) is 0 Å². The molecule has 2 fully saturated rings. The van der Waals surface area contributed by atoms with Gasteiger partial charge in [-0.1, -0.05) is 86.1 Å². The molecule has 3 aromatic carbocycles. The second kappa shape index (κ2) is 10.2. The molecule has 0 spiro atoms. The molecule has 0 heterocycles. The first-order valence-electron chi connectivity index (χ1n) is 12.7. The number of hydrogen-bond acceptors (Lipinski definition) is 4. The second-order valence-electron chi connectivity index (χ2n) is 9.91. The molecule has 5 heteroatoms. The van der Waals surface area contributed by atoms with Crippen molar-refractivity contribution < 1.29 is 19.1 Å². The lowest BCUT2D eigenvalue weighted by molar-refractivity contribution is -0.151. The van der Waals surface area contributed by atoms with Crippen LogP contribution in [0.4, 0.5) is 0 Å². The van der Waals surface area contributed by atoms with Crippen LogP contribution in [0, 0.1) is 11.8 Å². The maximum Gasteiger partial charge on any atom is 0.332 e. The van der Waals surface area contributed by atoms with E-state index in [1.165, 1.54) is 16.3 Å². The number of carbonyl (C=O) groups is 2. The fraction of sp³-hybridized carbons (Fsp3) is 0.400. The zero-order valence-electron chi connectivity index (χ0n) is 20.2. The van der Waals surface area contributed by atoms with Gasteiger partial charge in [0.15, 0.2) is 0 Å². The van der Waals surface area contributed by atoms with E-state index in [1.54, 1.807) is 0 Å². The summed E-state index contributed by atoms with van der Waals surface area (Å²) in [4.78, 5) is 26.2. The Bertz CT molecular complexity index is 1190. The third-order valence-corrected chi connectivity index (χ3v) is 7.63. The first kappa shape index (κ1) is 23.6. The molecule has 0 aromatic heterocycles. The van der Waals surface area contributed by atoms with E-state index in [0.717, 1.165) is 24.8 Å². The van der Waals surface area contributed by atoms with Crippen molar-refractivity contribution in [2.45, 2.75) is 63.9 Å². The van der Waals surface area contributed by atoms with Gasteiger partial charge < -0.3 is 14.8 Å². The Kier molecular flexibility index (Phi) is 6.87. The van der Waals surface area contributed by atoms with Crippen LogP contribution in [0.25, 0.3) is 10.8 Å².